The molecule has 4 aliphatic rings. The number of piperazine rings is 1. The van der Waals surface area contributed by atoms with Gasteiger partial charge in [-0.3, -0.25) is 38.5 Å². The van der Waals surface area contributed by atoms with Gasteiger partial charge in [-0.25, -0.2) is 9.59 Å². The van der Waals surface area contributed by atoms with Gasteiger partial charge in [0.25, 0.3) is 17.7 Å². The van der Waals surface area contributed by atoms with Crippen LogP contribution in [0.25, 0.3) is 0 Å². The standard InChI is InChI=1S/C49H63N11O11/c1-31(33-11-9-32(29-50)10-12-33)55-43(64)38-28-36(30-54-38)70-48(69)71-41(44(65)59-26-24-58(2)25-27-59)34-13-15-35(16-14-34)56-42(63)37(8-6-22-53-47(51)68)57-46(67)49(19-7-20-49)45(66)52-21-4-3-5-23-60-39(61)17-18-40(60)62/h9-18,31,36-38,41,54H,3-8,19-28,30H2,1-2H3,(H,52,66)(H,55,64)(H,56,63)(H,57,67)(H3,51,53,68)/t31-,36+,37-,38-,41?/m0/s1. The Balaban J connectivity index is 1.05. The second-order valence-corrected chi connectivity index (χ2v) is 18.3. The normalized spacial score (nSPS) is 19.6. The van der Waals surface area contributed by atoms with E-state index in [1.807, 2.05) is 14.0 Å². The lowest BCUT2D eigenvalue weighted by molar-refractivity contribution is -0.151. The van der Waals surface area contributed by atoms with Crippen molar-refractivity contribution in [2.45, 2.75) is 95.0 Å². The maximum absolute atomic E-state index is 14.0. The van der Waals surface area contributed by atoms with Gasteiger partial charge in [-0.15, -0.1) is 0 Å². The Labute approximate surface area is 411 Å². The van der Waals surface area contributed by atoms with Crippen LogP contribution in [0, 0.1) is 16.7 Å². The third kappa shape index (κ3) is 14.4. The first kappa shape index (κ1) is 53.0. The van der Waals surface area contributed by atoms with Crippen molar-refractivity contribution in [1.82, 2.24) is 41.3 Å². The Morgan fingerprint density at radius 1 is 0.845 bits per heavy atom. The lowest BCUT2D eigenvalue weighted by Crippen LogP contribution is -2.58. The second kappa shape index (κ2) is 25.0. The molecule has 1 unspecified atom stereocenters. The molecule has 0 bridgehead atoms. The summed E-state index contributed by atoms with van der Waals surface area (Å²) in [6, 6.07) is 12.1. The molecule has 2 saturated heterocycles. The average molecular weight is 982 g/mol. The minimum Gasteiger partial charge on any atom is -0.430 e. The number of primary amides is 1. The van der Waals surface area contributed by atoms with Gasteiger partial charge in [0.05, 0.1) is 23.7 Å². The van der Waals surface area contributed by atoms with Gasteiger partial charge >= 0.3 is 12.2 Å². The molecule has 0 spiro atoms. The van der Waals surface area contributed by atoms with Crippen LogP contribution >= 0.6 is 0 Å². The molecule has 3 fully saturated rings. The number of anilines is 1. The highest BCUT2D eigenvalue weighted by Crippen LogP contribution is 2.41. The summed E-state index contributed by atoms with van der Waals surface area (Å²) in [6.45, 7) is 4.61. The van der Waals surface area contributed by atoms with Crippen LogP contribution in [-0.4, -0.2) is 146 Å². The van der Waals surface area contributed by atoms with Crippen LogP contribution in [0.3, 0.4) is 0 Å². The molecular formula is C49H63N11O11. The number of rotatable bonds is 22. The molecule has 71 heavy (non-hydrogen) atoms. The van der Waals surface area contributed by atoms with E-state index in [-0.39, 0.29) is 93.3 Å². The van der Waals surface area contributed by atoms with Crippen LogP contribution in [0.1, 0.15) is 93.5 Å². The molecule has 380 valence electrons. The quantitative estimate of drug-likeness (QED) is 0.0380. The lowest BCUT2D eigenvalue weighted by Gasteiger charge is -2.39. The van der Waals surface area contributed by atoms with Gasteiger partial charge in [0.15, 0.2) is 0 Å². The number of hydrogen-bond acceptors (Lipinski definition) is 14. The number of urea groups is 1. The molecule has 22 heteroatoms. The molecule has 8 N–H and O–H groups in total. The number of carbonyl (C=O) groups excluding carboxylic acids is 9. The summed E-state index contributed by atoms with van der Waals surface area (Å²) in [4.78, 5) is 122. The van der Waals surface area contributed by atoms with Crippen LogP contribution in [-0.2, 0) is 43.0 Å². The Morgan fingerprint density at radius 2 is 1.51 bits per heavy atom. The molecular weight excluding hydrogens is 919 g/mol. The van der Waals surface area contributed by atoms with Gasteiger partial charge in [0, 0.05) is 82.2 Å². The molecule has 9 amide bonds. The van der Waals surface area contributed by atoms with Gasteiger partial charge in [-0.05, 0) is 88.7 Å². The van der Waals surface area contributed by atoms with Crippen LogP contribution in [0.5, 0.6) is 0 Å². The van der Waals surface area contributed by atoms with Crippen molar-refractivity contribution in [3.05, 3.63) is 77.4 Å². The minimum absolute atomic E-state index is 0.0718. The van der Waals surface area contributed by atoms with Crippen molar-refractivity contribution >= 4 is 59.2 Å². The number of unbranched alkanes of at least 4 members (excludes halogenated alkanes) is 2. The third-order valence-corrected chi connectivity index (χ3v) is 13.2. The Bertz CT molecular complexity index is 2340. The summed E-state index contributed by atoms with van der Waals surface area (Å²) < 4.78 is 11.4. The number of ether oxygens (including phenoxy) is 2. The van der Waals surface area contributed by atoms with E-state index in [1.54, 1.807) is 29.2 Å². The number of nitrogens with one attached hydrogen (secondary N) is 6. The first-order valence-corrected chi connectivity index (χ1v) is 24.0. The SMILES string of the molecule is C[C@H](NC(=O)[C@@H]1C[C@@H](OC(=O)OC(C(=O)N2CCN(C)CC2)c2ccc(NC(=O)[C@H](CCCNC(N)=O)NC(=O)C3(C(=O)NCCCCCN4C(=O)C=CC4=O)CCC3)cc2)CN1)c1ccc(C#N)cc1. The largest absolute Gasteiger partial charge is 0.509 e. The topological polar surface area (TPSA) is 304 Å². The van der Waals surface area contributed by atoms with E-state index >= 15 is 0 Å². The van der Waals surface area contributed by atoms with Crippen LogP contribution in [0.4, 0.5) is 15.3 Å². The van der Waals surface area contributed by atoms with E-state index in [0.717, 1.165) is 10.5 Å². The number of imide groups is 1. The average Bonchev–Trinajstić information content (AvgIpc) is 3.94. The van der Waals surface area contributed by atoms with Crippen molar-refractivity contribution < 1.29 is 52.6 Å². The van der Waals surface area contributed by atoms with E-state index in [1.165, 1.54) is 36.4 Å². The number of benzene rings is 2. The monoisotopic (exact) mass is 981 g/mol. The molecule has 1 aliphatic carbocycles. The summed E-state index contributed by atoms with van der Waals surface area (Å²) in [5, 5.41) is 26.0. The van der Waals surface area contributed by atoms with Crippen LogP contribution in [0.2, 0.25) is 0 Å². The minimum atomic E-state index is -1.42. The zero-order valence-electron chi connectivity index (χ0n) is 40.0. The van der Waals surface area contributed by atoms with Gasteiger partial charge < -0.3 is 56.9 Å². The van der Waals surface area contributed by atoms with Gasteiger partial charge in [0.1, 0.15) is 17.6 Å². The van der Waals surface area contributed by atoms with Gasteiger partial charge in [-0.2, -0.15) is 5.26 Å². The zero-order valence-corrected chi connectivity index (χ0v) is 40.0. The number of nitrogens with two attached hydrogens (primary N) is 1. The molecule has 3 heterocycles. The highest BCUT2D eigenvalue weighted by Gasteiger charge is 2.51. The molecule has 2 aromatic carbocycles. The van der Waals surface area contributed by atoms with Crippen molar-refractivity contribution in [1.29, 1.82) is 5.26 Å². The number of hydrogen-bond donors (Lipinski definition) is 7. The molecule has 6 rings (SSSR count). The maximum Gasteiger partial charge on any atom is 0.509 e. The number of amides is 9. The number of nitriles is 1. The van der Waals surface area contributed by atoms with E-state index in [4.69, 9.17) is 20.5 Å². The summed E-state index contributed by atoms with van der Waals surface area (Å²) in [6.07, 6.45) is 2.55. The molecule has 0 radical (unpaired) electrons. The van der Waals surface area contributed by atoms with E-state index in [9.17, 15) is 43.2 Å². The highest BCUT2D eigenvalue weighted by atomic mass is 16.7. The maximum atomic E-state index is 14.0. The zero-order chi connectivity index (χ0) is 51.1. The molecule has 2 aromatic rings. The summed E-state index contributed by atoms with van der Waals surface area (Å²) in [7, 11) is 1.94. The highest BCUT2D eigenvalue weighted by molar-refractivity contribution is 6.13. The molecule has 22 nitrogen and oxygen atoms in total. The van der Waals surface area contributed by atoms with Crippen LogP contribution in [0.15, 0.2) is 60.7 Å². The van der Waals surface area contributed by atoms with Crippen molar-refractivity contribution in [2.24, 2.45) is 11.1 Å². The predicted octanol–water partition coefficient (Wildman–Crippen LogP) is 1.39. The smallest absolute Gasteiger partial charge is 0.430 e. The molecule has 5 atom stereocenters. The van der Waals surface area contributed by atoms with Gasteiger partial charge in [0.2, 0.25) is 29.7 Å². The number of likely N-dealkylation sites (N-methyl/N-ethyl adjacent to an activating group) is 1. The third-order valence-electron chi connectivity index (χ3n) is 13.2. The van der Waals surface area contributed by atoms with Crippen molar-refractivity contribution in [2.75, 3.05) is 64.7 Å². The van der Waals surface area contributed by atoms with Gasteiger partial charge in [-0.1, -0.05) is 30.7 Å². The molecule has 3 aliphatic heterocycles. The van der Waals surface area contributed by atoms with Crippen molar-refractivity contribution in [3.8, 4) is 6.07 Å². The van der Waals surface area contributed by atoms with Crippen molar-refractivity contribution in [3.63, 3.8) is 0 Å². The second-order valence-electron chi connectivity index (χ2n) is 18.3. The Kier molecular flexibility index (Phi) is 18.6. The Hall–Kier alpha value is -7.38. The summed E-state index contributed by atoms with van der Waals surface area (Å²) >= 11 is 0. The predicted molar refractivity (Wildman–Crippen MR) is 255 cm³/mol. The Morgan fingerprint density at radius 3 is 2.14 bits per heavy atom. The van der Waals surface area contributed by atoms with Crippen LogP contribution < -0.4 is 37.6 Å². The lowest BCUT2D eigenvalue weighted by atomic mass is 9.67. The van der Waals surface area contributed by atoms with E-state index in [0.29, 0.717) is 57.4 Å². The van der Waals surface area contributed by atoms with E-state index < -0.39 is 65.5 Å². The summed E-state index contributed by atoms with van der Waals surface area (Å²) in [5.41, 5.74) is 5.72. The molecule has 1 saturated carbocycles. The molecule has 0 aromatic heterocycles. The van der Waals surface area contributed by atoms with E-state index in [2.05, 4.69) is 42.9 Å². The first-order valence-electron chi connectivity index (χ1n) is 24.0. The fourth-order valence-corrected chi connectivity index (χ4v) is 8.69. The fraction of sp³-hybridized carbons (Fsp3) is 0.510. The fourth-order valence-electron chi connectivity index (χ4n) is 8.69. The summed E-state index contributed by atoms with van der Waals surface area (Å²) in [5.74, 6) is -3.18. The number of carbonyl (C=O) groups is 9. The first-order chi connectivity index (χ1) is 34.1. The number of nitrogens with zero attached hydrogens (tertiary/aromatic N) is 4.